The Kier molecular flexibility index (Phi) is 3.95. The van der Waals surface area contributed by atoms with Gasteiger partial charge in [-0.2, -0.15) is 0 Å². The minimum atomic E-state index is -0.601. The van der Waals surface area contributed by atoms with Crippen molar-refractivity contribution in [3.63, 3.8) is 0 Å². The van der Waals surface area contributed by atoms with Gasteiger partial charge >= 0.3 is 0 Å². The van der Waals surface area contributed by atoms with Crippen LogP contribution in [0.1, 0.15) is 50.8 Å². The van der Waals surface area contributed by atoms with Crippen molar-refractivity contribution < 1.29 is 4.79 Å². The predicted molar refractivity (Wildman–Crippen MR) is 77.7 cm³/mol. The molecule has 0 aliphatic heterocycles. The van der Waals surface area contributed by atoms with Crippen molar-refractivity contribution in [3.05, 3.63) is 35.4 Å². The van der Waals surface area contributed by atoms with Gasteiger partial charge in [0.05, 0.1) is 11.6 Å². The lowest BCUT2D eigenvalue weighted by Gasteiger charge is -2.25. The van der Waals surface area contributed by atoms with Crippen LogP contribution < -0.4 is 11.1 Å². The average molecular weight is 260 g/mol. The van der Waals surface area contributed by atoms with E-state index in [2.05, 4.69) is 50.4 Å². The fraction of sp³-hybridized carbons (Fsp3) is 0.562. The van der Waals surface area contributed by atoms with Gasteiger partial charge in [-0.3, -0.25) is 4.79 Å². The van der Waals surface area contributed by atoms with Gasteiger partial charge in [0.1, 0.15) is 0 Å². The number of hydrogen-bond donors (Lipinski definition) is 2. The van der Waals surface area contributed by atoms with Crippen LogP contribution in [0.15, 0.2) is 24.3 Å². The summed E-state index contributed by atoms with van der Waals surface area (Å²) < 4.78 is 0. The Morgan fingerprint density at radius 2 is 1.89 bits per heavy atom. The van der Waals surface area contributed by atoms with E-state index in [0.717, 1.165) is 24.8 Å². The van der Waals surface area contributed by atoms with E-state index in [1.165, 1.54) is 5.56 Å². The second-order valence-corrected chi connectivity index (χ2v) is 5.95. The second-order valence-electron chi connectivity index (χ2n) is 5.95. The molecule has 1 saturated carbocycles. The van der Waals surface area contributed by atoms with Crippen LogP contribution in [0.2, 0.25) is 0 Å². The van der Waals surface area contributed by atoms with Gasteiger partial charge in [0.15, 0.2) is 0 Å². The molecule has 0 bridgehead atoms. The van der Waals surface area contributed by atoms with Crippen molar-refractivity contribution in [2.75, 3.05) is 0 Å². The fourth-order valence-electron chi connectivity index (χ4n) is 2.24. The SMILES string of the molecule is CCc1ccc(C(NC(=O)C2(N)CC2)C(C)C)cc1. The van der Waals surface area contributed by atoms with Crippen LogP contribution >= 0.6 is 0 Å². The standard InChI is InChI=1S/C16H24N2O/c1-4-12-5-7-13(8-6-12)14(11(2)3)18-15(19)16(17)9-10-16/h5-8,11,14H,4,9-10,17H2,1-3H3,(H,18,19). The number of benzene rings is 1. The molecule has 1 aliphatic carbocycles. The first-order valence-corrected chi connectivity index (χ1v) is 7.15. The van der Waals surface area contributed by atoms with E-state index < -0.39 is 5.54 Å². The molecule has 3 heteroatoms. The molecule has 0 saturated heterocycles. The summed E-state index contributed by atoms with van der Waals surface area (Å²) in [5.74, 6) is 0.338. The lowest BCUT2D eigenvalue weighted by Crippen LogP contribution is -2.45. The highest BCUT2D eigenvalue weighted by molar-refractivity contribution is 5.89. The molecule has 1 aromatic carbocycles. The normalized spacial score (nSPS) is 18.2. The van der Waals surface area contributed by atoms with Crippen molar-refractivity contribution in [3.8, 4) is 0 Å². The van der Waals surface area contributed by atoms with E-state index in [4.69, 9.17) is 5.73 Å². The molecule has 2 rings (SSSR count). The molecular formula is C16H24N2O. The van der Waals surface area contributed by atoms with Gasteiger partial charge < -0.3 is 11.1 Å². The van der Waals surface area contributed by atoms with Crippen molar-refractivity contribution in [1.82, 2.24) is 5.32 Å². The minimum absolute atomic E-state index is 0.00855. The Labute approximate surface area is 115 Å². The molecule has 0 aromatic heterocycles. The van der Waals surface area contributed by atoms with Crippen LogP contribution in [0.3, 0.4) is 0 Å². The molecule has 3 nitrogen and oxygen atoms in total. The number of nitrogens with two attached hydrogens (primary N) is 1. The van der Waals surface area contributed by atoms with E-state index >= 15 is 0 Å². The van der Waals surface area contributed by atoms with E-state index in [1.54, 1.807) is 0 Å². The summed E-state index contributed by atoms with van der Waals surface area (Å²) in [6.45, 7) is 6.38. The number of carbonyl (C=O) groups excluding carboxylic acids is 1. The molecule has 1 atom stereocenters. The Hall–Kier alpha value is -1.35. The van der Waals surface area contributed by atoms with Gasteiger partial charge in [-0.1, -0.05) is 45.0 Å². The number of nitrogens with one attached hydrogen (secondary N) is 1. The zero-order chi connectivity index (χ0) is 14.0. The Morgan fingerprint density at radius 1 is 1.32 bits per heavy atom. The highest BCUT2D eigenvalue weighted by Crippen LogP contribution is 2.33. The molecular weight excluding hydrogens is 236 g/mol. The van der Waals surface area contributed by atoms with Gasteiger partial charge in [0.2, 0.25) is 5.91 Å². The van der Waals surface area contributed by atoms with E-state index in [-0.39, 0.29) is 11.9 Å². The van der Waals surface area contributed by atoms with Gasteiger partial charge in [0.25, 0.3) is 0 Å². The summed E-state index contributed by atoms with van der Waals surface area (Å²) in [4.78, 5) is 12.1. The molecule has 19 heavy (non-hydrogen) atoms. The zero-order valence-corrected chi connectivity index (χ0v) is 12.1. The molecule has 1 fully saturated rings. The number of hydrogen-bond acceptors (Lipinski definition) is 2. The van der Waals surface area contributed by atoms with Crippen LogP contribution in [0.5, 0.6) is 0 Å². The maximum atomic E-state index is 12.1. The lowest BCUT2D eigenvalue weighted by atomic mass is 9.94. The Bertz CT molecular complexity index is 446. The van der Waals surface area contributed by atoms with Crippen LogP contribution in [0, 0.1) is 5.92 Å². The maximum absolute atomic E-state index is 12.1. The zero-order valence-electron chi connectivity index (χ0n) is 12.1. The molecule has 0 heterocycles. The highest BCUT2D eigenvalue weighted by Gasteiger charge is 2.46. The first-order chi connectivity index (χ1) is 8.96. The molecule has 104 valence electrons. The van der Waals surface area contributed by atoms with Gasteiger partial charge in [-0.25, -0.2) is 0 Å². The summed E-state index contributed by atoms with van der Waals surface area (Å²) in [5.41, 5.74) is 7.82. The van der Waals surface area contributed by atoms with Gasteiger partial charge in [-0.15, -0.1) is 0 Å². The molecule has 1 amide bonds. The van der Waals surface area contributed by atoms with Crippen LogP contribution in [0.4, 0.5) is 0 Å². The van der Waals surface area contributed by atoms with Crippen molar-refractivity contribution in [1.29, 1.82) is 0 Å². The van der Waals surface area contributed by atoms with Crippen LogP contribution in [-0.4, -0.2) is 11.4 Å². The molecule has 1 aliphatic rings. The first kappa shape index (κ1) is 14.1. The van der Waals surface area contributed by atoms with Crippen molar-refractivity contribution in [2.45, 2.75) is 51.6 Å². The third kappa shape index (κ3) is 3.16. The van der Waals surface area contributed by atoms with Crippen LogP contribution in [-0.2, 0) is 11.2 Å². The fourth-order valence-corrected chi connectivity index (χ4v) is 2.24. The predicted octanol–water partition coefficient (Wildman–Crippen LogP) is 2.55. The van der Waals surface area contributed by atoms with Crippen molar-refractivity contribution in [2.24, 2.45) is 11.7 Å². The smallest absolute Gasteiger partial charge is 0.240 e. The molecule has 0 spiro atoms. The lowest BCUT2D eigenvalue weighted by molar-refractivity contribution is -0.124. The largest absolute Gasteiger partial charge is 0.347 e. The molecule has 1 aromatic rings. The third-order valence-corrected chi connectivity index (χ3v) is 3.94. The van der Waals surface area contributed by atoms with E-state index in [9.17, 15) is 4.79 Å². The summed E-state index contributed by atoms with van der Waals surface area (Å²) in [7, 11) is 0. The first-order valence-electron chi connectivity index (χ1n) is 7.15. The summed E-state index contributed by atoms with van der Waals surface area (Å²) in [5, 5.41) is 3.11. The second kappa shape index (κ2) is 5.33. The summed E-state index contributed by atoms with van der Waals surface area (Å²) in [6.07, 6.45) is 2.64. The summed E-state index contributed by atoms with van der Waals surface area (Å²) >= 11 is 0. The number of carbonyl (C=O) groups is 1. The van der Waals surface area contributed by atoms with E-state index in [1.807, 2.05) is 0 Å². The Balaban J connectivity index is 2.12. The average Bonchev–Trinajstić information content (AvgIpc) is 3.15. The Morgan fingerprint density at radius 3 is 2.32 bits per heavy atom. The summed E-state index contributed by atoms with van der Waals surface area (Å²) in [6, 6.07) is 8.53. The number of rotatable bonds is 5. The minimum Gasteiger partial charge on any atom is -0.347 e. The molecule has 3 N–H and O–H groups in total. The molecule has 0 radical (unpaired) electrons. The number of aryl methyl sites for hydroxylation is 1. The van der Waals surface area contributed by atoms with E-state index in [0.29, 0.717) is 5.92 Å². The topological polar surface area (TPSA) is 55.1 Å². The van der Waals surface area contributed by atoms with Crippen LogP contribution in [0.25, 0.3) is 0 Å². The van der Waals surface area contributed by atoms with Gasteiger partial charge in [-0.05, 0) is 36.3 Å². The van der Waals surface area contributed by atoms with Crippen molar-refractivity contribution >= 4 is 5.91 Å². The maximum Gasteiger partial charge on any atom is 0.240 e. The monoisotopic (exact) mass is 260 g/mol. The molecule has 1 unspecified atom stereocenters. The van der Waals surface area contributed by atoms with Gasteiger partial charge in [0, 0.05) is 0 Å². The third-order valence-electron chi connectivity index (χ3n) is 3.94. The highest BCUT2D eigenvalue weighted by atomic mass is 16.2. The quantitative estimate of drug-likeness (QED) is 0.855. The number of amides is 1.